The SMILES string of the molecule is Cc1ccc(-c2nnc(SCC(=O)NN=Cc3c4ccccc4cc4ccccc34)n2-c2ccccc2)cc1. The highest BCUT2D eigenvalue weighted by molar-refractivity contribution is 7.99. The molecule has 0 spiro atoms. The van der Waals surface area contributed by atoms with Crippen LogP contribution in [0.2, 0.25) is 0 Å². The molecule has 0 fully saturated rings. The Morgan fingerprint density at radius 3 is 2.18 bits per heavy atom. The highest BCUT2D eigenvalue weighted by Gasteiger charge is 2.17. The van der Waals surface area contributed by atoms with E-state index < -0.39 is 0 Å². The van der Waals surface area contributed by atoms with Crippen molar-refractivity contribution in [2.75, 3.05) is 5.75 Å². The third-order valence-electron chi connectivity index (χ3n) is 6.49. The molecule has 0 atom stereocenters. The number of fused-ring (bicyclic) bond motifs is 2. The second kappa shape index (κ2) is 10.9. The van der Waals surface area contributed by atoms with E-state index in [9.17, 15) is 4.79 Å². The first-order valence-electron chi connectivity index (χ1n) is 12.6. The monoisotopic (exact) mass is 527 g/mol. The summed E-state index contributed by atoms with van der Waals surface area (Å²) in [7, 11) is 0. The van der Waals surface area contributed by atoms with Crippen LogP contribution in [0.1, 0.15) is 11.1 Å². The molecule has 0 radical (unpaired) electrons. The maximum absolute atomic E-state index is 12.8. The lowest BCUT2D eigenvalue weighted by Gasteiger charge is -2.10. The zero-order valence-electron chi connectivity index (χ0n) is 21.3. The summed E-state index contributed by atoms with van der Waals surface area (Å²) in [4.78, 5) is 12.8. The van der Waals surface area contributed by atoms with Gasteiger partial charge >= 0.3 is 0 Å². The maximum Gasteiger partial charge on any atom is 0.250 e. The fraction of sp³-hybridized carbons (Fsp3) is 0.0625. The number of amides is 1. The average molecular weight is 528 g/mol. The molecule has 6 rings (SSSR count). The van der Waals surface area contributed by atoms with Crippen LogP contribution in [-0.4, -0.2) is 32.6 Å². The smallest absolute Gasteiger partial charge is 0.250 e. The average Bonchev–Trinajstić information content (AvgIpc) is 3.40. The Labute approximate surface area is 230 Å². The number of nitrogens with one attached hydrogen (secondary N) is 1. The third kappa shape index (κ3) is 5.17. The van der Waals surface area contributed by atoms with E-state index in [1.54, 1.807) is 6.21 Å². The molecule has 190 valence electrons. The number of carbonyl (C=O) groups excluding carboxylic acids is 1. The summed E-state index contributed by atoms with van der Waals surface area (Å²) >= 11 is 1.32. The van der Waals surface area contributed by atoms with Crippen LogP contribution in [0.5, 0.6) is 0 Å². The van der Waals surface area contributed by atoms with Gasteiger partial charge in [0.25, 0.3) is 5.91 Å². The number of benzene rings is 5. The van der Waals surface area contributed by atoms with Crippen LogP contribution in [-0.2, 0) is 4.79 Å². The summed E-state index contributed by atoms with van der Waals surface area (Å²) in [5.41, 5.74) is 6.73. The minimum Gasteiger partial charge on any atom is -0.272 e. The van der Waals surface area contributed by atoms with Gasteiger partial charge in [0.1, 0.15) is 0 Å². The number of rotatable bonds is 7. The van der Waals surface area contributed by atoms with Gasteiger partial charge in [0.15, 0.2) is 11.0 Å². The predicted molar refractivity (Wildman–Crippen MR) is 159 cm³/mol. The number of hydrogen-bond donors (Lipinski definition) is 1. The standard InChI is InChI=1S/C32H25N5OS/c1-22-15-17-23(18-16-22)31-35-36-32(37(31)26-11-3-2-4-12-26)39-21-30(38)34-33-20-29-27-13-7-5-9-24(27)19-25-10-6-8-14-28(25)29/h2-20H,21H2,1H3,(H,34,38). The molecule has 0 unspecified atom stereocenters. The van der Waals surface area contributed by atoms with Gasteiger partial charge in [-0.1, -0.05) is 108 Å². The minimum atomic E-state index is -0.222. The molecule has 0 saturated heterocycles. The summed E-state index contributed by atoms with van der Waals surface area (Å²) in [6.07, 6.45) is 1.73. The van der Waals surface area contributed by atoms with Gasteiger partial charge in [-0.2, -0.15) is 5.10 Å². The second-order valence-electron chi connectivity index (χ2n) is 9.16. The molecule has 1 heterocycles. The van der Waals surface area contributed by atoms with Crippen molar-refractivity contribution in [3.8, 4) is 17.1 Å². The van der Waals surface area contributed by atoms with Crippen molar-refractivity contribution < 1.29 is 4.79 Å². The van der Waals surface area contributed by atoms with E-state index in [1.165, 1.54) is 17.3 Å². The molecule has 6 aromatic rings. The van der Waals surface area contributed by atoms with Crippen LogP contribution >= 0.6 is 11.8 Å². The molecule has 0 saturated carbocycles. The summed E-state index contributed by atoms with van der Waals surface area (Å²) in [5.74, 6) is 0.650. The number of aromatic nitrogens is 3. The van der Waals surface area contributed by atoms with Crippen molar-refractivity contribution in [3.63, 3.8) is 0 Å². The van der Waals surface area contributed by atoms with Gasteiger partial charge in [-0.15, -0.1) is 10.2 Å². The van der Waals surface area contributed by atoms with Crippen LogP contribution < -0.4 is 5.43 Å². The third-order valence-corrected chi connectivity index (χ3v) is 7.41. The summed E-state index contributed by atoms with van der Waals surface area (Å²) < 4.78 is 1.98. The van der Waals surface area contributed by atoms with Gasteiger partial charge < -0.3 is 0 Å². The molecule has 7 heteroatoms. The van der Waals surface area contributed by atoms with Gasteiger partial charge in [-0.05, 0) is 46.7 Å². The first-order chi connectivity index (χ1) is 19.2. The summed E-state index contributed by atoms with van der Waals surface area (Å²) in [5, 5.41) is 18.3. The quantitative estimate of drug-likeness (QED) is 0.107. The normalized spacial score (nSPS) is 11.4. The van der Waals surface area contributed by atoms with Crippen LogP contribution in [0.4, 0.5) is 0 Å². The van der Waals surface area contributed by atoms with Crippen molar-refractivity contribution in [2.24, 2.45) is 5.10 Å². The van der Waals surface area contributed by atoms with Gasteiger partial charge in [0.05, 0.1) is 12.0 Å². The predicted octanol–water partition coefficient (Wildman–Crippen LogP) is 6.79. The molecular formula is C32H25N5OS. The fourth-order valence-electron chi connectivity index (χ4n) is 4.58. The Morgan fingerprint density at radius 2 is 1.49 bits per heavy atom. The molecule has 0 bridgehead atoms. The fourth-order valence-corrected chi connectivity index (χ4v) is 5.33. The Hall–Kier alpha value is -4.75. The Morgan fingerprint density at radius 1 is 0.846 bits per heavy atom. The number of nitrogens with zero attached hydrogens (tertiary/aromatic N) is 4. The number of thioether (sulfide) groups is 1. The lowest BCUT2D eigenvalue weighted by molar-refractivity contribution is -0.118. The number of para-hydroxylation sites is 1. The molecule has 1 aromatic heterocycles. The van der Waals surface area contributed by atoms with E-state index in [4.69, 9.17) is 0 Å². The van der Waals surface area contributed by atoms with Crippen molar-refractivity contribution in [1.29, 1.82) is 0 Å². The molecule has 0 aliphatic carbocycles. The molecule has 0 aliphatic heterocycles. The van der Waals surface area contributed by atoms with Gasteiger partial charge in [-0.25, -0.2) is 5.43 Å². The van der Waals surface area contributed by atoms with Crippen molar-refractivity contribution in [3.05, 3.63) is 120 Å². The number of hydrogen-bond acceptors (Lipinski definition) is 5. The maximum atomic E-state index is 12.8. The van der Waals surface area contributed by atoms with Gasteiger partial charge in [0.2, 0.25) is 0 Å². The molecule has 5 aromatic carbocycles. The Balaban J connectivity index is 1.22. The number of aryl methyl sites for hydroxylation is 1. The van der Waals surface area contributed by atoms with E-state index in [1.807, 2.05) is 71.3 Å². The number of carbonyl (C=O) groups is 1. The lowest BCUT2D eigenvalue weighted by Crippen LogP contribution is -2.20. The Kier molecular flexibility index (Phi) is 6.89. The van der Waals surface area contributed by atoms with E-state index in [0.29, 0.717) is 5.16 Å². The van der Waals surface area contributed by atoms with Crippen LogP contribution in [0.3, 0.4) is 0 Å². The van der Waals surface area contributed by atoms with Crippen LogP contribution in [0.25, 0.3) is 38.6 Å². The minimum absolute atomic E-state index is 0.145. The van der Waals surface area contributed by atoms with Gasteiger partial charge in [0, 0.05) is 16.8 Å². The van der Waals surface area contributed by atoms with E-state index in [2.05, 4.69) is 70.1 Å². The molecule has 6 nitrogen and oxygen atoms in total. The zero-order valence-corrected chi connectivity index (χ0v) is 22.1. The number of hydrazone groups is 1. The first kappa shape index (κ1) is 24.6. The van der Waals surface area contributed by atoms with E-state index in [-0.39, 0.29) is 11.7 Å². The lowest BCUT2D eigenvalue weighted by atomic mass is 9.97. The molecule has 39 heavy (non-hydrogen) atoms. The van der Waals surface area contributed by atoms with Crippen molar-refractivity contribution >= 4 is 45.4 Å². The molecular weight excluding hydrogens is 502 g/mol. The van der Waals surface area contributed by atoms with Crippen molar-refractivity contribution in [1.82, 2.24) is 20.2 Å². The summed E-state index contributed by atoms with van der Waals surface area (Å²) in [6.45, 7) is 2.05. The molecule has 1 N–H and O–H groups in total. The largest absolute Gasteiger partial charge is 0.272 e. The summed E-state index contributed by atoms with van der Waals surface area (Å²) in [6, 6.07) is 36.7. The molecule has 1 amide bonds. The van der Waals surface area contributed by atoms with Crippen LogP contribution in [0.15, 0.2) is 119 Å². The highest BCUT2D eigenvalue weighted by atomic mass is 32.2. The zero-order chi connectivity index (χ0) is 26.6. The first-order valence-corrected chi connectivity index (χ1v) is 13.6. The van der Waals surface area contributed by atoms with Crippen LogP contribution in [0, 0.1) is 6.92 Å². The Bertz CT molecular complexity index is 1760. The topological polar surface area (TPSA) is 72.2 Å². The van der Waals surface area contributed by atoms with E-state index >= 15 is 0 Å². The second-order valence-corrected chi connectivity index (χ2v) is 10.1. The van der Waals surface area contributed by atoms with Crippen molar-refractivity contribution in [2.45, 2.75) is 12.1 Å². The molecule has 0 aliphatic rings. The highest BCUT2D eigenvalue weighted by Crippen LogP contribution is 2.29. The van der Waals surface area contributed by atoms with Gasteiger partial charge in [-0.3, -0.25) is 9.36 Å². The van der Waals surface area contributed by atoms with E-state index in [0.717, 1.165) is 44.2 Å².